The van der Waals surface area contributed by atoms with Crippen molar-refractivity contribution in [1.29, 1.82) is 0 Å². The van der Waals surface area contributed by atoms with Crippen molar-refractivity contribution < 1.29 is 23.8 Å². The summed E-state index contributed by atoms with van der Waals surface area (Å²) in [6.45, 7) is 3.27. The van der Waals surface area contributed by atoms with Gasteiger partial charge in [-0.05, 0) is 74.6 Å². The lowest BCUT2D eigenvalue weighted by Gasteiger charge is -2.30. The van der Waals surface area contributed by atoms with Gasteiger partial charge in [0.2, 0.25) is 5.91 Å². The van der Waals surface area contributed by atoms with Crippen molar-refractivity contribution in [3.05, 3.63) is 85.9 Å². The first-order valence-corrected chi connectivity index (χ1v) is 14.7. The van der Waals surface area contributed by atoms with E-state index in [1.54, 1.807) is 25.3 Å². The molecule has 0 spiro atoms. The zero-order valence-corrected chi connectivity index (χ0v) is 25.4. The lowest BCUT2D eigenvalue weighted by molar-refractivity contribution is -0.123. The molecule has 43 heavy (non-hydrogen) atoms. The van der Waals surface area contributed by atoms with Crippen molar-refractivity contribution in [3.63, 3.8) is 0 Å². The van der Waals surface area contributed by atoms with Crippen LogP contribution in [0.25, 0.3) is 22.2 Å². The largest absolute Gasteiger partial charge is 0.489 e. The van der Waals surface area contributed by atoms with Crippen LogP contribution in [0.15, 0.2) is 42.6 Å². The standard InChI is InChI=1S/C31H26Cl3FN4O4/c1-14-5-15-6-17(9-22(34)25(15)37-11-14)28(40)38-12-31(42,18-3-4-18)23-10-19-27(43-13-30(19,2)29(36)41)26(39-23)16-7-20(32)24(35)21(33)8-16/h5-11,18,42H,3-4,12-13H2,1-2H3,(H2,36,41)(H,38,40)/t30?,31-/m1/s1. The average Bonchev–Trinajstić information content (AvgIpc) is 3.77. The second kappa shape index (κ2) is 10.6. The Kier molecular flexibility index (Phi) is 7.28. The Morgan fingerprint density at radius 2 is 1.84 bits per heavy atom. The first-order valence-electron chi connectivity index (χ1n) is 13.5. The highest BCUT2D eigenvalue weighted by Gasteiger charge is 2.50. The number of hydrogen-bond donors (Lipinski definition) is 3. The van der Waals surface area contributed by atoms with E-state index in [2.05, 4.69) is 10.3 Å². The minimum absolute atomic E-state index is 0.0614. The first kappa shape index (κ1) is 29.6. The monoisotopic (exact) mass is 642 g/mol. The third kappa shape index (κ3) is 5.08. The molecular weight excluding hydrogens is 618 g/mol. The topological polar surface area (TPSA) is 127 Å². The lowest BCUT2D eigenvalue weighted by Crippen LogP contribution is -2.44. The molecule has 0 radical (unpaired) electrons. The fourth-order valence-corrected chi connectivity index (χ4v) is 6.23. The number of ether oxygens (including phenoxy) is 1. The average molecular weight is 644 g/mol. The van der Waals surface area contributed by atoms with Crippen molar-refractivity contribution in [3.8, 4) is 17.0 Å². The van der Waals surface area contributed by atoms with Crippen LogP contribution in [0.5, 0.6) is 5.75 Å². The number of nitrogens with zero attached hydrogens (tertiary/aromatic N) is 2. The Bertz CT molecular complexity index is 1830. The number of primary amides is 1. The van der Waals surface area contributed by atoms with E-state index in [-0.39, 0.29) is 46.3 Å². The van der Waals surface area contributed by atoms with Crippen molar-refractivity contribution in [1.82, 2.24) is 15.3 Å². The summed E-state index contributed by atoms with van der Waals surface area (Å²) in [6.07, 6.45) is 3.07. The van der Waals surface area contributed by atoms with Gasteiger partial charge in [0.15, 0.2) is 5.82 Å². The number of aliphatic hydroxyl groups is 1. The Morgan fingerprint density at radius 1 is 1.14 bits per heavy atom. The number of pyridine rings is 2. The molecule has 4 N–H and O–H groups in total. The van der Waals surface area contributed by atoms with Gasteiger partial charge < -0.3 is 20.9 Å². The molecule has 0 saturated heterocycles. The van der Waals surface area contributed by atoms with Crippen molar-refractivity contribution in [2.24, 2.45) is 11.7 Å². The number of nitrogens with one attached hydrogen (secondary N) is 1. The summed E-state index contributed by atoms with van der Waals surface area (Å²) in [5.74, 6) is -1.86. The maximum absolute atomic E-state index is 14.3. The van der Waals surface area contributed by atoms with Crippen LogP contribution in [0.1, 0.15) is 46.9 Å². The molecule has 222 valence electrons. The summed E-state index contributed by atoms with van der Waals surface area (Å²) in [4.78, 5) is 35.1. The van der Waals surface area contributed by atoms with Gasteiger partial charge in [0.1, 0.15) is 29.1 Å². The Morgan fingerprint density at radius 3 is 2.49 bits per heavy atom. The van der Waals surface area contributed by atoms with Gasteiger partial charge >= 0.3 is 0 Å². The second-order valence-electron chi connectivity index (χ2n) is 11.4. The highest BCUT2D eigenvalue weighted by atomic mass is 35.5. The van der Waals surface area contributed by atoms with E-state index in [4.69, 9.17) is 50.3 Å². The zero-order valence-electron chi connectivity index (χ0n) is 23.1. The molecule has 2 aromatic carbocycles. The van der Waals surface area contributed by atoms with Gasteiger partial charge in [-0.1, -0.05) is 34.8 Å². The summed E-state index contributed by atoms with van der Waals surface area (Å²) in [7, 11) is 0. The molecule has 1 fully saturated rings. The van der Waals surface area contributed by atoms with Crippen LogP contribution in [0.4, 0.5) is 4.39 Å². The number of nitrogens with two attached hydrogens (primary N) is 1. The first-order chi connectivity index (χ1) is 20.3. The Hall–Kier alpha value is -3.50. The third-order valence-electron chi connectivity index (χ3n) is 8.22. The normalized spacial score (nSPS) is 19.0. The molecule has 0 bridgehead atoms. The summed E-state index contributed by atoms with van der Waals surface area (Å²) >= 11 is 18.6. The van der Waals surface area contributed by atoms with E-state index in [9.17, 15) is 19.1 Å². The number of benzene rings is 2. The SMILES string of the molecule is Cc1cnc2c(Cl)cc(C(=O)NC[C@](O)(c3cc4c(c(-c5cc(Cl)c(F)c(Cl)c5)n3)OCC4(C)C(N)=O)C3CC3)cc2c1. The van der Waals surface area contributed by atoms with E-state index in [1.165, 1.54) is 18.2 Å². The number of carbonyl (C=O) groups excluding carboxylic acids is 2. The molecule has 2 atom stereocenters. The third-order valence-corrected chi connectivity index (χ3v) is 9.06. The fraction of sp³-hybridized carbons (Fsp3) is 0.290. The van der Waals surface area contributed by atoms with E-state index >= 15 is 0 Å². The minimum atomic E-state index is -1.63. The van der Waals surface area contributed by atoms with Gasteiger partial charge in [-0.2, -0.15) is 0 Å². The Labute approximate surface area is 261 Å². The number of hydrogen-bond acceptors (Lipinski definition) is 6. The summed E-state index contributed by atoms with van der Waals surface area (Å²) in [5.41, 5.74) is 5.84. The van der Waals surface area contributed by atoms with Crippen LogP contribution in [-0.4, -0.2) is 40.0 Å². The molecule has 2 amide bonds. The number of fused-ring (bicyclic) bond motifs is 2. The highest BCUT2D eigenvalue weighted by molar-refractivity contribution is 6.36. The Balaban J connectivity index is 1.42. The maximum atomic E-state index is 14.3. The van der Waals surface area contributed by atoms with E-state index in [0.717, 1.165) is 5.56 Å². The second-order valence-corrected chi connectivity index (χ2v) is 12.6. The molecule has 2 aliphatic rings. The molecule has 2 aromatic heterocycles. The minimum Gasteiger partial charge on any atom is -0.489 e. The van der Waals surface area contributed by atoms with Gasteiger partial charge in [0.05, 0.1) is 32.8 Å². The predicted molar refractivity (Wildman–Crippen MR) is 162 cm³/mol. The quantitative estimate of drug-likeness (QED) is 0.216. The van der Waals surface area contributed by atoms with Gasteiger partial charge in [0.25, 0.3) is 5.91 Å². The van der Waals surface area contributed by atoms with Crippen LogP contribution in [0, 0.1) is 18.7 Å². The number of amides is 2. The predicted octanol–water partition coefficient (Wildman–Crippen LogP) is 5.87. The van der Waals surface area contributed by atoms with Crippen molar-refractivity contribution in [2.75, 3.05) is 13.2 Å². The summed E-state index contributed by atoms with van der Waals surface area (Å²) < 4.78 is 20.2. The van der Waals surface area contributed by atoms with Gasteiger partial charge in [0, 0.05) is 28.3 Å². The van der Waals surface area contributed by atoms with Crippen LogP contribution in [-0.2, 0) is 15.8 Å². The zero-order chi connectivity index (χ0) is 30.8. The van der Waals surface area contributed by atoms with Crippen LogP contribution >= 0.6 is 34.8 Å². The molecular formula is C31H26Cl3FN4O4. The van der Waals surface area contributed by atoms with Crippen molar-refractivity contribution >= 4 is 57.5 Å². The molecule has 12 heteroatoms. The van der Waals surface area contributed by atoms with E-state index < -0.39 is 28.6 Å². The molecule has 8 nitrogen and oxygen atoms in total. The van der Waals surface area contributed by atoms with E-state index in [0.29, 0.717) is 45.5 Å². The van der Waals surface area contributed by atoms with Crippen LogP contribution in [0.2, 0.25) is 15.1 Å². The molecule has 1 aliphatic carbocycles. The van der Waals surface area contributed by atoms with Crippen LogP contribution in [0.3, 0.4) is 0 Å². The lowest BCUT2D eigenvalue weighted by atomic mass is 9.81. The van der Waals surface area contributed by atoms with Gasteiger partial charge in [-0.3, -0.25) is 14.6 Å². The maximum Gasteiger partial charge on any atom is 0.251 e. The van der Waals surface area contributed by atoms with E-state index in [1.807, 2.05) is 13.0 Å². The highest BCUT2D eigenvalue weighted by Crippen LogP contribution is 2.50. The van der Waals surface area contributed by atoms with Crippen molar-refractivity contribution in [2.45, 2.75) is 37.7 Å². The molecule has 1 unspecified atom stereocenters. The van der Waals surface area contributed by atoms with Gasteiger partial charge in [-0.25, -0.2) is 9.37 Å². The summed E-state index contributed by atoms with van der Waals surface area (Å²) in [6, 6.07) is 9.38. The number of halogens is 4. The number of rotatable bonds is 7. The van der Waals surface area contributed by atoms with Crippen LogP contribution < -0.4 is 15.8 Å². The number of carbonyl (C=O) groups is 2. The molecule has 1 saturated carbocycles. The molecule has 4 aromatic rings. The molecule has 3 heterocycles. The number of aromatic nitrogens is 2. The molecule has 1 aliphatic heterocycles. The van der Waals surface area contributed by atoms with Gasteiger partial charge in [-0.15, -0.1) is 0 Å². The number of aryl methyl sites for hydroxylation is 1. The fourth-order valence-electron chi connectivity index (χ4n) is 5.47. The smallest absolute Gasteiger partial charge is 0.251 e. The summed E-state index contributed by atoms with van der Waals surface area (Å²) in [5, 5.41) is 15.6. The molecule has 6 rings (SSSR count).